The minimum atomic E-state index is -4.62. The molecule has 0 rings (SSSR count). The molecule has 0 amide bonds. The van der Waals surface area contributed by atoms with Gasteiger partial charge in [0.1, 0.15) is 12.1 Å². The molecule has 0 aliphatic rings. The van der Waals surface area contributed by atoms with Gasteiger partial charge in [0.05, 0.1) is 19.8 Å². The Balaban J connectivity index is 4.30. The quantitative estimate of drug-likeness (QED) is 0.0237. The summed E-state index contributed by atoms with van der Waals surface area (Å²) in [4.78, 5) is 33.4. The Morgan fingerprint density at radius 3 is 1.61 bits per heavy atom. The Bertz CT molecular complexity index is 1090. The first kappa shape index (κ1) is 51.7. The van der Waals surface area contributed by atoms with Crippen molar-refractivity contribution in [3.63, 3.8) is 0 Å². The maximum absolute atomic E-state index is 12.6. The van der Waals surface area contributed by atoms with Crippen molar-refractivity contribution in [2.24, 2.45) is 5.73 Å². The molecule has 10 nitrogen and oxygen atoms in total. The van der Waals surface area contributed by atoms with Crippen molar-refractivity contribution in [3.05, 3.63) is 60.8 Å². The van der Waals surface area contributed by atoms with Crippen LogP contribution in [0.1, 0.15) is 162 Å². The molecule has 4 N–H and O–H groups in total. The molecular weight excluding hydrogens is 705 g/mol. The predicted molar refractivity (Wildman–Crippen MR) is 221 cm³/mol. The van der Waals surface area contributed by atoms with Crippen LogP contribution in [0.15, 0.2) is 60.8 Å². The monoisotopic (exact) mass is 782 g/mol. The van der Waals surface area contributed by atoms with Crippen LogP contribution < -0.4 is 5.73 Å². The van der Waals surface area contributed by atoms with E-state index in [0.29, 0.717) is 13.0 Å². The molecule has 0 aliphatic carbocycles. The minimum Gasteiger partial charge on any atom is -0.480 e. The number of carbonyl (C=O) groups is 2. The van der Waals surface area contributed by atoms with Crippen molar-refractivity contribution in [2.45, 2.75) is 174 Å². The lowest BCUT2D eigenvalue weighted by atomic mass is 10.0. The second-order valence-electron chi connectivity index (χ2n) is 13.7. The van der Waals surface area contributed by atoms with Gasteiger partial charge in [-0.3, -0.25) is 18.6 Å². The number of phosphoric ester groups is 1. The van der Waals surface area contributed by atoms with Crippen LogP contribution in [-0.4, -0.2) is 60.5 Å². The van der Waals surface area contributed by atoms with E-state index < -0.39 is 45.1 Å². The predicted octanol–water partition coefficient (Wildman–Crippen LogP) is 11.3. The second-order valence-corrected chi connectivity index (χ2v) is 15.2. The highest BCUT2D eigenvalue weighted by molar-refractivity contribution is 7.47. The molecule has 0 aromatic rings. The fourth-order valence-corrected chi connectivity index (χ4v) is 6.11. The van der Waals surface area contributed by atoms with E-state index in [2.05, 4.69) is 74.6 Å². The maximum Gasteiger partial charge on any atom is 0.472 e. The molecule has 0 spiro atoms. The highest BCUT2D eigenvalue weighted by Gasteiger charge is 2.27. The van der Waals surface area contributed by atoms with Gasteiger partial charge in [-0.1, -0.05) is 158 Å². The van der Waals surface area contributed by atoms with Gasteiger partial charge in [0.15, 0.2) is 0 Å². The molecule has 0 heterocycles. The standard InChI is InChI=1S/C43H76NO9P/c1-3-5-7-9-11-13-15-17-18-19-20-21-22-23-24-26-28-30-32-34-36-50-37-40(38-51-54(48,49)52-39-41(44)43(46)47)53-42(45)35-33-31-29-27-25-16-14-12-10-8-6-4-2/h5,7,11,13,17-18,20-21,23-24,40-41H,3-4,6,8-10,12,14-16,19,22,25-39,44H2,1-2H3,(H,46,47)(H,48,49)/b7-5-,13-11-,18-17-,21-20-,24-23-. The van der Waals surface area contributed by atoms with Gasteiger partial charge >= 0.3 is 19.8 Å². The molecule has 0 fully saturated rings. The molecule has 3 atom stereocenters. The van der Waals surface area contributed by atoms with Crippen molar-refractivity contribution >= 4 is 19.8 Å². The summed E-state index contributed by atoms with van der Waals surface area (Å²) in [6.07, 6.45) is 45.6. The van der Waals surface area contributed by atoms with Gasteiger partial charge < -0.3 is 25.2 Å². The van der Waals surface area contributed by atoms with E-state index in [-0.39, 0.29) is 13.0 Å². The van der Waals surface area contributed by atoms with Gasteiger partial charge in [0.2, 0.25) is 0 Å². The lowest BCUT2D eigenvalue weighted by Crippen LogP contribution is -2.34. The number of hydrogen-bond acceptors (Lipinski definition) is 8. The van der Waals surface area contributed by atoms with Gasteiger partial charge in [0, 0.05) is 13.0 Å². The molecule has 0 aromatic heterocycles. The van der Waals surface area contributed by atoms with Crippen molar-refractivity contribution in [1.29, 1.82) is 0 Å². The number of esters is 1. The van der Waals surface area contributed by atoms with Crippen molar-refractivity contribution < 1.29 is 42.7 Å². The summed E-state index contributed by atoms with van der Waals surface area (Å²) in [6, 6.07) is -1.48. The average molecular weight is 782 g/mol. The molecule has 3 unspecified atom stereocenters. The first-order valence-corrected chi connectivity index (χ1v) is 22.3. The lowest BCUT2D eigenvalue weighted by molar-refractivity contribution is -0.154. The number of carbonyl (C=O) groups excluding carboxylic acids is 1. The van der Waals surface area contributed by atoms with E-state index >= 15 is 0 Å². The third-order valence-corrected chi connectivity index (χ3v) is 9.51. The zero-order chi connectivity index (χ0) is 39.8. The Morgan fingerprint density at radius 1 is 0.611 bits per heavy atom. The molecule has 0 aliphatic heterocycles. The topological polar surface area (TPSA) is 155 Å². The van der Waals surface area contributed by atoms with Crippen LogP contribution in [0, 0.1) is 0 Å². The fraction of sp³-hybridized carbons (Fsp3) is 0.721. The van der Waals surface area contributed by atoms with Crippen LogP contribution in [0.3, 0.4) is 0 Å². The summed E-state index contributed by atoms with van der Waals surface area (Å²) >= 11 is 0. The number of hydrogen-bond donors (Lipinski definition) is 3. The normalized spacial score (nSPS) is 14.6. The number of rotatable bonds is 39. The third kappa shape index (κ3) is 38.0. The van der Waals surface area contributed by atoms with Gasteiger partial charge in [-0.2, -0.15) is 0 Å². The van der Waals surface area contributed by atoms with E-state index in [9.17, 15) is 19.0 Å². The summed E-state index contributed by atoms with van der Waals surface area (Å²) < 4.78 is 33.3. The lowest BCUT2D eigenvalue weighted by Gasteiger charge is -2.20. The zero-order valence-corrected chi connectivity index (χ0v) is 34.7. The summed E-state index contributed by atoms with van der Waals surface area (Å²) in [7, 11) is -4.62. The van der Waals surface area contributed by atoms with Crippen LogP contribution in [0.2, 0.25) is 0 Å². The molecule has 0 saturated heterocycles. The molecule has 0 bridgehead atoms. The second kappa shape index (κ2) is 38.9. The number of allylic oxidation sites excluding steroid dienone is 10. The summed E-state index contributed by atoms with van der Waals surface area (Å²) in [5.41, 5.74) is 5.34. The fourth-order valence-electron chi connectivity index (χ4n) is 5.33. The Morgan fingerprint density at radius 2 is 1.07 bits per heavy atom. The van der Waals surface area contributed by atoms with E-state index in [1.54, 1.807) is 0 Å². The molecule has 312 valence electrons. The van der Waals surface area contributed by atoms with Gasteiger partial charge in [-0.15, -0.1) is 0 Å². The number of aliphatic carboxylic acids is 1. The van der Waals surface area contributed by atoms with Crippen LogP contribution >= 0.6 is 7.82 Å². The van der Waals surface area contributed by atoms with Crippen LogP contribution in [0.25, 0.3) is 0 Å². The number of phosphoric acid groups is 1. The van der Waals surface area contributed by atoms with Gasteiger partial charge in [-0.25, -0.2) is 4.57 Å². The SMILES string of the molecule is CC/C=C\C/C=C\C/C=C\C/C=C\C/C=C\CCCCCCOCC(COP(=O)(O)OCC(N)C(=O)O)OC(=O)CCCCCCCCCCCCCC. The van der Waals surface area contributed by atoms with Gasteiger partial charge in [0.25, 0.3) is 0 Å². The molecule has 0 saturated carbocycles. The van der Waals surface area contributed by atoms with Crippen LogP contribution in [-0.2, 0) is 32.7 Å². The zero-order valence-electron chi connectivity index (χ0n) is 33.8. The number of ether oxygens (including phenoxy) is 2. The number of unbranched alkanes of at least 4 members (excludes halogenated alkanes) is 15. The number of carboxylic acids is 1. The Hall–Kier alpha value is -2.33. The van der Waals surface area contributed by atoms with Crippen molar-refractivity contribution in [2.75, 3.05) is 26.4 Å². The average Bonchev–Trinajstić information content (AvgIpc) is 3.15. The maximum atomic E-state index is 12.6. The third-order valence-electron chi connectivity index (χ3n) is 8.56. The van der Waals surface area contributed by atoms with Crippen molar-refractivity contribution in [1.82, 2.24) is 0 Å². The first-order valence-electron chi connectivity index (χ1n) is 20.8. The molecule has 0 radical (unpaired) electrons. The number of carboxylic acid groups (broad SMARTS) is 1. The van der Waals surface area contributed by atoms with E-state index in [4.69, 9.17) is 29.4 Å². The Kier molecular flexibility index (Phi) is 37.2. The number of nitrogens with two attached hydrogens (primary N) is 1. The van der Waals surface area contributed by atoms with E-state index in [0.717, 1.165) is 83.5 Å². The molecular formula is C43H76NO9P. The van der Waals surface area contributed by atoms with E-state index in [1.807, 2.05) is 0 Å². The van der Waals surface area contributed by atoms with Crippen LogP contribution in [0.4, 0.5) is 0 Å². The summed E-state index contributed by atoms with van der Waals surface area (Å²) in [5, 5.41) is 8.88. The summed E-state index contributed by atoms with van der Waals surface area (Å²) in [5.74, 6) is -1.79. The largest absolute Gasteiger partial charge is 0.480 e. The first-order chi connectivity index (χ1) is 26.2. The molecule has 0 aromatic carbocycles. The Labute approximate surface area is 328 Å². The van der Waals surface area contributed by atoms with Gasteiger partial charge in [-0.05, 0) is 57.8 Å². The van der Waals surface area contributed by atoms with E-state index in [1.165, 1.54) is 51.4 Å². The molecule has 54 heavy (non-hydrogen) atoms. The smallest absolute Gasteiger partial charge is 0.472 e. The minimum absolute atomic E-state index is 0.00113. The molecule has 11 heteroatoms. The summed E-state index contributed by atoms with van der Waals surface area (Å²) in [6.45, 7) is 3.69. The highest BCUT2D eigenvalue weighted by Crippen LogP contribution is 2.43. The highest BCUT2D eigenvalue weighted by atomic mass is 31.2. The van der Waals surface area contributed by atoms with Crippen LogP contribution in [0.5, 0.6) is 0 Å². The van der Waals surface area contributed by atoms with Crippen molar-refractivity contribution in [3.8, 4) is 0 Å².